The zero-order valence-electron chi connectivity index (χ0n) is 15.5. The molecule has 0 aliphatic rings. The summed E-state index contributed by atoms with van der Waals surface area (Å²) in [5, 5.41) is 0.781. The maximum Gasteiger partial charge on any atom is 0.345 e. The van der Waals surface area contributed by atoms with Crippen LogP contribution in [0.2, 0.25) is 10.0 Å². The van der Waals surface area contributed by atoms with Crippen LogP contribution in [0.5, 0.6) is 0 Å². The molecule has 0 spiro atoms. The summed E-state index contributed by atoms with van der Waals surface area (Å²) >= 11 is 12.5. The molecule has 29 heavy (non-hydrogen) atoms. The molecule has 0 unspecified atom stereocenters. The number of rotatable bonds is 4. The average molecular weight is 423 g/mol. The fraction of sp³-hybridized carbons (Fsp3) is 0.0435. The first kappa shape index (κ1) is 19.2. The van der Waals surface area contributed by atoms with Gasteiger partial charge in [0, 0.05) is 18.7 Å². The molecule has 0 fully saturated rings. The Morgan fingerprint density at radius 1 is 0.897 bits per heavy atom. The molecule has 3 aromatic carbocycles. The summed E-state index contributed by atoms with van der Waals surface area (Å²) in [6.07, 6.45) is 1.70. The number of carbonyl (C=O) groups is 1. The van der Waals surface area contributed by atoms with Crippen LogP contribution in [0.25, 0.3) is 22.9 Å². The molecule has 0 amide bonds. The molecule has 6 heteroatoms. The number of aromatic nitrogens is 2. The van der Waals surface area contributed by atoms with Crippen molar-refractivity contribution in [2.45, 2.75) is 0 Å². The topological polar surface area (TPSA) is 44.1 Å². The van der Waals surface area contributed by atoms with Gasteiger partial charge >= 0.3 is 5.97 Å². The van der Waals surface area contributed by atoms with E-state index >= 15 is 0 Å². The molecule has 4 rings (SSSR count). The first-order chi connectivity index (χ1) is 14.0. The highest BCUT2D eigenvalue weighted by molar-refractivity contribution is 6.34. The zero-order valence-corrected chi connectivity index (χ0v) is 17.0. The monoisotopic (exact) mass is 422 g/mol. The van der Waals surface area contributed by atoms with Crippen molar-refractivity contribution in [1.29, 1.82) is 0 Å². The lowest BCUT2D eigenvalue weighted by atomic mass is 10.1. The van der Waals surface area contributed by atoms with Gasteiger partial charge in [-0.05, 0) is 36.4 Å². The molecule has 0 N–H and O–H groups in total. The number of aryl methyl sites for hydroxylation is 1. The van der Waals surface area contributed by atoms with Gasteiger partial charge in [0.15, 0.2) is 0 Å². The molecule has 0 aliphatic carbocycles. The van der Waals surface area contributed by atoms with Crippen LogP contribution in [0, 0.1) is 0 Å². The van der Waals surface area contributed by atoms with Gasteiger partial charge in [0.25, 0.3) is 0 Å². The molecule has 144 valence electrons. The van der Waals surface area contributed by atoms with Crippen molar-refractivity contribution < 1.29 is 9.53 Å². The third-order valence-corrected chi connectivity index (χ3v) is 5.18. The van der Waals surface area contributed by atoms with Gasteiger partial charge in [0.2, 0.25) is 0 Å². The molecule has 1 heterocycles. The van der Waals surface area contributed by atoms with E-state index in [-0.39, 0.29) is 5.56 Å². The van der Waals surface area contributed by atoms with E-state index in [0.717, 1.165) is 11.0 Å². The average Bonchev–Trinajstić information content (AvgIpc) is 3.04. The number of fused-ring (bicyclic) bond motifs is 1. The number of carbonyl (C=O) groups excluding carboxylic acids is 1. The molecule has 0 atom stereocenters. The zero-order chi connectivity index (χ0) is 20.4. The maximum atomic E-state index is 12.8. The molecule has 0 aliphatic heterocycles. The van der Waals surface area contributed by atoms with Crippen molar-refractivity contribution in [3.8, 4) is 0 Å². The number of hydrogen-bond donors (Lipinski definition) is 0. The van der Waals surface area contributed by atoms with Crippen LogP contribution in [0.3, 0.4) is 0 Å². The first-order valence-electron chi connectivity index (χ1n) is 8.89. The highest BCUT2D eigenvalue weighted by Gasteiger charge is 2.18. The summed E-state index contributed by atoms with van der Waals surface area (Å²) in [6.45, 7) is 0. The van der Waals surface area contributed by atoms with Crippen molar-refractivity contribution in [3.63, 3.8) is 0 Å². The second kappa shape index (κ2) is 8.11. The minimum absolute atomic E-state index is 0.275. The van der Waals surface area contributed by atoms with Crippen molar-refractivity contribution in [3.05, 3.63) is 99.8 Å². The van der Waals surface area contributed by atoms with Gasteiger partial charge in [-0.2, -0.15) is 0 Å². The van der Waals surface area contributed by atoms with Crippen LogP contribution in [-0.4, -0.2) is 15.5 Å². The Balaban J connectivity index is 1.81. The highest BCUT2D eigenvalue weighted by atomic mass is 35.5. The fourth-order valence-electron chi connectivity index (χ4n) is 3.02. The smallest absolute Gasteiger partial charge is 0.345 e. The van der Waals surface area contributed by atoms with Gasteiger partial charge in [-0.15, -0.1) is 0 Å². The van der Waals surface area contributed by atoms with Gasteiger partial charge in [0.05, 0.1) is 26.6 Å². The van der Waals surface area contributed by atoms with Gasteiger partial charge < -0.3 is 9.30 Å². The minimum atomic E-state index is -0.569. The van der Waals surface area contributed by atoms with Gasteiger partial charge in [0.1, 0.15) is 11.6 Å². The second-order valence-electron chi connectivity index (χ2n) is 6.38. The molecule has 4 nitrogen and oxygen atoms in total. The Morgan fingerprint density at radius 3 is 2.14 bits per heavy atom. The summed E-state index contributed by atoms with van der Waals surface area (Å²) in [6, 6.07) is 21.7. The maximum absolute atomic E-state index is 12.8. The summed E-state index contributed by atoms with van der Waals surface area (Å²) in [7, 11) is 1.90. The van der Waals surface area contributed by atoms with Crippen molar-refractivity contribution in [2.75, 3.05) is 0 Å². The summed E-state index contributed by atoms with van der Waals surface area (Å²) in [5.74, 6) is 0.354. The Hall–Kier alpha value is -3.08. The predicted octanol–water partition coefficient (Wildman–Crippen LogP) is 6.24. The van der Waals surface area contributed by atoms with Crippen LogP contribution < -0.4 is 0 Å². The predicted molar refractivity (Wildman–Crippen MR) is 117 cm³/mol. The lowest BCUT2D eigenvalue weighted by Gasteiger charge is -2.11. The Bertz CT molecular complexity index is 1240. The summed E-state index contributed by atoms with van der Waals surface area (Å²) < 4.78 is 7.67. The van der Waals surface area contributed by atoms with Crippen LogP contribution >= 0.6 is 23.2 Å². The van der Waals surface area contributed by atoms with Crippen molar-refractivity contribution in [2.24, 2.45) is 7.05 Å². The molecular formula is C23H16Cl2N2O2. The van der Waals surface area contributed by atoms with Crippen LogP contribution in [0.1, 0.15) is 21.7 Å². The number of imidazole rings is 1. The third-order valence-electron chi connectivity index (χ3n) is 4.52. The molecular weight excluding hydrogens is 407 g/mol. The van der Waals surface area contributed by atoms with E-state index in [0.29, 0.717) is 27.2 Å². The molecule has 4 aromatic rings. The largest absolute Gasteiger partial charge is 0.422 e. The molecule has 0 bridgehead atoms. The quantitative estimate of drug-likeness (QED) is 0.289. The van der Waals surface area contributed by atoms with Crippen molar-refractivity contribution in [1.82, 2.24) is 9.55 Å². The lowest BCUT2D eigenvalue weighted by Crippen LogP contribution is -2.06. The molecule has 1 aromatic heterocycles. The fourth-order valence-corrected chi connectivity index (χ4v) is 3.46. The molecule has 0 saturated heterocycles. The number of ether oxygens (including phenoxy) is 1. The Morgan fingerprint density at radius 2 is 1.48 bits per heavy atom. The highest BCUT2D eigenvalue weighted by Crippen LogP contribution is 2.29. The number of hydrogen-bond acceptors (Lipinski definition) is 3. The van der Waals surface area contributed by atoms with Crippen LogP contribution in [0.4, 0.5) is 0 Å². The second-order valence-corrected chi connectivity index (χ2v) is 7.19. The Kier molecular flexibility index (Phi) is 5.38. The van der Waals surface area contributed by atoms with E-state index in [4.69, 9.17) is 27.9 Å². The number of benzene rings is 3. The Labute approximate surface area is 178 Å². The number of para-hydroxylation sites is 2. The van der Waals surface area contributed by atoms with Crippen LogP contribution in [0.15, 0.2) is 72.8 Å². The third kappa shape index (κ3) is 3.90. The minimum Gasteiger partial charge on any atom is -0.422 e. The normalized spacial score (nSPS) is 11.6. The summed E-state index contributed by atoms with van der Waals surface area (Å²) in [5.41, 5.74) is 2.67. The molecule has 0 saturated carbocycles. The first-order valence-corrected chi connectivity index (χ1v) is 9.65. The van der Waals surface area contributed by atoms with E-state index in [1.165, 1.54) is 0 Å². The number of nitrogens with zero attached hydrogens (tertiary/aromatic N) is 2. The van der Waals surface area contributed by atoms with E-state index < -0.39 is 5.97 Å². The lowest BCUT2D eigenvalue weighted by molar-refractivity contribution is 0.0694. The van der Waals surface area contributed by atoms with E-state index in [1.54, 1.807) is 42.5 Å². The van der Waals surface area contributed by atoms with Gasteiger partial charge in [-0.3, -0.25) is 0 Å². The molecule has 0 radical (unpaired) electrons. The van der Waals surface area contributed by atoms with Crippen LogP contribution in [-0.2, 0) is 11.8 Å². The standard InChI is InChI=1S/C23H16Cl2N2O2/c1-27-20-13-7-6-12-19(20)26-22(27)14-21(15-8-2-4-10-17(15)24)29-23(28)16-9-3-5-11-18(16)25/h2-14H,1H3. The SMILES string of the molecule is Cn1c(C=C(OC(=O)c2ccccc2Cl)c2ccccc2Cl)nc2ccccc21. The van der Waals surface area contributed by atoms with E-state index in [9.17, 15) is 4.79 Å². The van der Waals surface area contributed by atoms with E-state index in [1.807, 2.05) is 48.0 Å². The summed E-state index contributed by atoms with van der Waals surface area (Å²) in [4.78, 5) is 17.4. The number of esters is 1. The van der Waals surface area contributed by atoms with E-state index in [2.05, 4.69) is 4.98 Å². The van der Waals surface area contributed by atoms with Gasteiger partial charge in [-0.1, -0.05) is 59.6 Å². The number of halogens is 2. The van der Waals surface area contributed by atoms with Crippen molar-refractivity contribution >= 4 is 52.0 Å². The van der Waals surface area contributed by atoms with Gasteiger partial charge in [-0.25, -0.2) is 9.78 Å².